The molecule has 0 aromatic heterocycles. The molecule has 2 aromatic rings. The second-order valence-corrected chi connectivity index (χ2v) is 7.46. The number of benzene rings is 2. The van der Waals surface area contributed by atoms with Gasteiger partial charge in [-0.2, -0.15) is 0 Å². The van der Waals surface area contributed by atoms with Gasteiger partial charge in [0.15, 0.2) is 0 Å². The number of hydrogen-bond acceptors (Lipinski definition) is 3. The number of aromatic hydroxyl groups is 3. The van der Waals surface area contributed by atoms with Crippen LogP contribution in [0.1, 0.15) is 63.1 Å². The quantitative estimate of drug-likeness (QED) is 0.738. The SMILES string of the molecule is CC(C)c1c(O)cc(O)c(C(c2ccccc2)C(C)(C)C)c1O. The maximum absolute atomic E-state index is 10.8. The van der Waals surface area contributed by atoms with E-state index in [4.69, 9.17) is 0 Å². The van der Waals surface area contributed by atoms with Crippen LogP contribution in [0, 0.1) is 5.41 Å². The van der Waals surface area contributed by atoms with E-state index in [0.717, 1.165) is 5.56 Å². The highest BCUT2D eigenvalue weighted by molar-refractivity contribution is 5.60. The van der Waals surface area contributed by atoms with Crippen molar-refractivity contribution >= 4 is 0 Å². The Morgan fingerprint density at radius 3 is 1.83 bits per heavy atom. The highest BCUT2D eigenvalue weighted by atomic mass is 16.3. The summed E-state index contributed by atoms with van der Waals surface area (Å²) in [5.41, 5.74) is 1.75. The molecule has 3 heteroatoms. The number of hydrogen-bond donors (Lipinski definition) is 3. The van der Waals surface area contributed by atoms with Crippen LogP contribution in [0.15, 0.2) is 36.4 Å². The summed E-state index contributed by atoms with van der Waals surface area (Å²) in [5.74, 6) is -0.401. The number of rotatable bonds is 3. The fourth-order valence-electron chi connectivity index (χ4n) is 3.27. The fourth-order valence-corrected chi connectivity index (χ4v) is 3.27. The largest absolute Gasteiger partial charge is 0.507 e. The van der Waals surface area contributed by atoms with E-state index in [1.54, 1.807) is 0 Å². The second kappa shape index (κ2) is 6.15. The predicted molar refractivity (Wildman–Crippen MR) is 93.3 cm³/mol. The topological polar surface area (TPSA) is 60.7 Å². The monoisotopic (exact) mass is 314 g/mol. The van der Waals surface area contributed by atoms with Gasteiger partial charge >= 0.3 is 0 Å². The highest BCUT2D eigenvalue weighted by Gasteiger charge is 2.34. The van der Waals surface area contributed by atoms with Crippen LogP contribution in [0.2, 0.25) is 0 Å². The van der Waals surface area contributed by atoms with E-state index < -0.39 is 0 Å². The zero-order valence-corrected chi connectivity index (χ0v) is 14.5. The van der Waals surface area contributed by atoms with Gasteiger partial charge in [0.25, 0.3) is 0 Å². The third-order valence-electron chi connectivity index (χ3n) is 4.20. The Morgan fingerprint density at radius 2 is 1.35 bits per heavy atom. The standard InChI is InChI=1S/C20H26O3/c1-12(2)16-14(21)11-15(22)17(19(16)23)18(20(3,4)5)13-9-7-6-8-10-13/h6-12,18,21-23H,1-5H3. The summed E-state index contributed by atoms with van der Waals surface area (Å²) in [7, 11) is 0. The third-order valence-corrected chi connectivity index (χ3v) is 4.20. The van der Waals surface area contributed by atoms with Gasteiger partial charge in [-0.25, -0.2) is 0 Å². The van der Waals surface area contributed by atoms with Crippen molar-refractivity contribution in [3.8, 4) is 17.2 Å². The van der Waals surface area contributed by atoms with Crippen LogP contribution in [0.3, 0.4) is 0 Å². The minimum absolute atomic E-state index is 0.0127. The zero-order chi connectivity index (χ0) is 17.4. The molecular weight excluding hydrogens is 288 g/mol. The summed E-state index contributed by atoms with van der Waals surface area (Å²) in [6.07, 6.45) is 0. The normalized spacial score (nSPS) is 13.3. The van der Waals surface area contributed by atoms with Gasteiger partial charge in [0.2, 0.25) is 0 Å². The van der Waals surface area contributed by atoms with Gasteiger partial charge in [-0.1, -0.05) is 65.0 Å². The first-order valence-corrected chi connectivity index (χ1v) is 7.97. The van der Waals surface area contributed by atoms with Gasteiger partial charge < -0.3 is 15.3 Å². The minimum atomic E-state index is -0.221. The molecule has 0 bridgehead atoms. The maximum Gasteiger partial charge on any atom is 0.130 e. The highest BCUT2D eigenvalue weighted by Crippen LogP contribution is 2.51. The maximum atomic E-state index is 10.8. The molecule has 23 heavy (non-hydrogen) atoms. The fraction of sp³-hybridized carbons (Fsp3) is 0.400. The molecule has 0 fully saturated rings. The molecule has 0 spiro atoms. The predicted octanol–water partition coefficient (Wildman–Crippen LogP) is 5.10. The van der Waals surface area contributed by atoms with Gasteiger partial charge in [-0.3, -0.25) is 0 Å². The molecule has 0 aliphatic heterocycles. The lowest BCUT2D eigenvalue weighted by Gasteiger charge is -2.33. The summed E-state index contributed by atoms with van der Waals surface area (Å²) < 4.78 is 0. The van der Waals surface area contributed by atoms with Crippen molar-refractivity contribution in [3.63, 3.8) is 0 Å². The molecule has 0 saturated heterocycles. The molecule has 1 atom stereocenters. The Bertz CT molecular complexity index is 682. The average molecular weight is 314 g/mol. The molecule has 3 nitrogen and oxygen atoms in total. The Labute approximate surface area is 138 Å². The first-order chi connectivity index (χ1) is 10.6. The lowest BCUT2D eigenvalue weighted by atomic mass is 9.71. The number of phenolic OH excluding ortho intramolecular Hbond substituents is 3. The van der Waals surface area contributed by atoms with Crippen molar-refractivity contribution in [2.24, 2.45) is 5.41 Å². The van der Waals surface area contributed by atoms with Crippen LogP contribution in [-0.2, 0) is 0 Å². The van der Waals surface area contributed by atoms with Gasteiger partial charge in [0.05, 0.1) is 0 Å². The summed E-state index contributed by atoms with van der Waals surface area (Å²) >= 11 is 0. The molecule has 2 aromatic carbocycles. The molecule has 1 unspecified atom stereocenters. The molecular formula is C20H26O3. The van der Waals surface area contributed by atoms with Crippen LogP contribution < -0.4 is 0 Å². The molecule has 0 radical (unpaired) electrons. The lowest BCUT2D eigenvalue weighted by molar-refractivity contribution is 0.330. The van der Waals surface area contributed by atoms with Crippen molar-refractivity contribution in [1.29, 1.82) is 0 Å². The summed E-state index contributed by atoms with van der Waals surface area (Å²) in [4.78, 5) is 0. The molecule has 0 aliphatic carbocycles. The Hall–Kier alpha value is -2.16. The Balaban J connectivity index is 2.77. The smallest absolute Gasteiger partial charge is 0.130 e. The average Bonchev–Trinajstić information content (AvgIpc) is 2.42. The van der Waals surface area contributed by atoms with Gasteiger partial charge in [0.1, 0.15) is 17.2 Å². The van der Waals surface area contributed by atoms with Crippen LogP contribution in [0.4, 0.5) is 0 Å². The minimum Gasteiger partial charge on any atom is -0.507 e. The van der Waals surface area contributed by atoms with Gasteiger partial charge in [0, 0.05) is 23.1 Å². The van der Waals surface area contributed by atoms with E-state index in [0.29, 0.717) is 11.1 Å². The van der Waals surface area contributed by atoms with Crippen molar-refractivity contribution in [3.05, 3.63) is 53.1 Å². The molecule has 124 valence electrons. The molecule has 0 saturated carbocycles. The first kappa shape index (κ1) is 17.2. The van der Waals surface area contributed by atoms with Gasteiger partial charge in [-0.05, 0) is 16.9 Å². The van der Waals surface area contributed by atoms with E-state index >= 15 is 0 Å². The second-order valence-electron chi connectivity index (χ2n) is 7.46. The lowest BCUT2D eigenvalue weighted by Crippen LogP contribution is -2.20. The van der Waals surface area contributed by atoms with E-state index in [9.17, 15) is 15.3 Å². The molecule has 0 heterocycles. The molecule has 0 aliphatic rings. The van der Waals surface area contributed by atoms with Crippen molar-refractivity contribution in [1.82, 2.24) is 0 Å². The summed E-state index contributed by atoms with van der Waals surface area (Å²) in [6.45, 7) is 10.0. The van der Waals surface area contributed by atoms with E-state index in [-0.39, 0.29) is 34.5 Å². The zero-order valence-electron chi connectivity index (χ0n) is 14.5. The first-order valence-electron chi connectivity index (χ1n) is 7.97. The van der Waals surface area contributed by atoms with Crippen LogP contribution in [-0.4, -0.2) is 15.3 Å². The third kappa shape index (κ3) is 3.29. The molecule has 2 rings (SSSR count). The van der Waals surface area contributed by atoms with Crippen molar-refractivity contribution in [2.45, 2.75) is 46.5 Å². The van der Waals surface area contributed by atoms with E-state index in [2.05, 4.69) is 20.8 Å². The van der Waals surface area contributed by atoms with Crippen LogP contribution in [0.25, 0.3) is 0 Å². The van der Waals surface area contributed by atoms with E-state index in [1.165, 1.54) is 6.07 Å². The van der Waals surface area contributed by atoms with Crippen molar-refractivity contribution < 1.29 is 15.3 Å². The van der Waals surface area contributed by atoms with Gasteiger partial charge in [-0.15, -0.1) is 0 Å². The molecule has 0 amide bonds. The molecule has 3 N–H and O–H groups in total. The summed E-state index contributed by atoms with van der Waals surface area (Å²) in [5, 5.41) is 31.4. The van der Waals surface area contributed by atoms with Crippen LogP contribution in [0.5, 0.6) is 17.2 Å². The van der Waals surface area contributed by atoms with Crippen LogP contribution >= 0.6 is 0 Å². The Morgan fingerprint density at radius 1 is 0.826 bits per heavy atom. The Kier molecular flexibility index (Phi) is 4.60. The van der Waals surface area contributed by atoms with Crippen molar-refractivity contribution in [2.75, 3.05) is 0 Å². The van der Waals surface area contributed by atoms with E-state index in [1.807, 2.05) is 44.2 Å². The number of phenols is 3. The summed E-state index contributed by atoms with van der Waals surface area (Å²) in [6, 6.07) is 11.2.